The van der Waals surface area contributed by atoms with E-state index in [1.54, 1.807) is 5.01 Å². The molecule has 0 spiro atoms. The standard InChI is InChI=1S/C14H18N2O/c1-10-8-14(17)16(15-10)13-7-6-11-4-2-3-5-12(11)9-13/h6-7,9-10,15H,2-5,8H2,1H3. The van der Waals surface area contributed by atoms with Gasteiger partial charge in [0.25, 0.3) is 0 Å². The van der Waals surface area contributed by atoms with Crippen LogP contribution in [0.15, 0.2) is 18.2 Å². The molecule has 0 bridgehead atoms. The molecule has 1 aromatic carbocycles. The molecule has 1 atom stereocenters. The largest absolute Gasteiger partial charge is 0.273 e. The third-order valence-electron chi connectivity index (χ3n) is 3.67. The number of nitrogens with zero attached hydrogens (tertiary/aromatic N) is 1. The van der Waals surface area contributed by atoms with Gasteiger partial charge in [-0.15, -0.1) is 0 Å². The summed E-state index contributed by atoms with van der Waals surface area (Å²) in [6.45, 7) is 2.04. The molecule has 2 aliphatic rings. The van der Waals surface area contributed by atoms with E-state index in [0.29, 0.717) is 6.42 Å². The van der Waals surface area contributed by atoms with Gasteiger partial charge in [0.05, 0.1) is 5.69 Å². The van der Waals surface area contributed by atoms with Crippen molar-refractivity contribution in [1.82, 2.24) is 5.43 Å². The van der Waals surface area contributed by atoms with Crippen molar-refractivity contribution in [1.29, 1.82) is 0 Å². The molecule has 3 nitrogen and oxygen atoms in total. The molecule has 1 heterocycles. The minimum atomic E-state index is 0.174. The van der Waals surface area contributed by atoms with Crippen molar-refractivity contribution >= 4 is 11.6 Å². The first-order valence-electron chi connectivity index (χ1n) is 6.45. The van der Waals surface area contributed by atoms with Gasteiger partial charge in [-0.3, -0.25) is 4.79 Å². The Hall–Kier alpha value is -1.35. The van der Waals surface area contributed by atoms with Crippen LogP contribution < -0.4 is 10.4 Å². The third kappa shape index (κ3) is 1.95. The Morgan fingerprint density at radius 3 is 2.71 bits per heavy atom. The highest BCUT2D eigenvalue weighted by atomic mass is 16.2. The van der Waals surface area contributed by atoms with Gasteiger partial charge in [-0.05, 0) is 55.9 Å². The first-order chi connectivity index (χ1) is 8.24. The van der Waals surface area contributed by atoms with Gasteiger partial charge in [-0.25, -0.2) is 10.4 Å². The van der Waals surface area contributed by atoms with Crippen LogP contribution in [0.5, 0.6) is 0 Å². The fraction of sp³-hybridized carbons (Fsp3) is 0.500. The molecule has 90 valence electrons. The number of hydrogen-bond acceptors (Lipinski definition) is 2. The summed E-state index contributed by atoms with van der Waals surface area (Å²) in [6, 6.07) is 6.67. The topological polar surface area (TPSA) is 32.3 Å². The molecule has 0 radical (unpaired) electrons. The molecule has 3 rings (SSSR count). The highest BCUT2D eigenvalue weighted by Gasteiger charge is 2.27. The highest BCUT2D eigenvalue weighted by Crippen LogP contribution is 2.27. The maximum Gasteiger partial charge on any atom is 0.242 e. The average molecular weight is 230 g/mol. The maximum atomic E-state index is 11.8. The quantitative estimate of drug-likeness (QED) is 0.802. The predicted octanol–water partition coefficient (Wildman–Crippen LogP) is 2.20. The van der Waals surface area contributed by atoms with Gasteiger partial charge in [-0.1, -0.05) is 6.07 Å². The zero-order valence-electron chi connectivity index (χ0n) is 10.2. The first-order valence-corrected chi connectivity index (χ1v) is 6.45. The summed E-state index contributed by atoms with van der Waals surface area (Å²) in [7, 11) is 0. The van der Waals surface area contributed by atoms with E-state index in [-0.39, 0.29) is 11.9 Å². The number of carbonyl (C=O) groups excluding carboxylic acids is 1. The fourth-order valence-electron chi connectivity index (χ4n) is 2.77. The lowest BCUT2D eigenvalue weighted by molar-refractivity contribution is -0.117. The summed E-state index contributed by atoms with van der Waals surface area (Å²) in [5.41, 5.74) is 7.09. The summed E-state index contributed by atoms with van der Waals surface area (Å²) in [5.74, 6) is 0.174. The lowest BCUT2D eigenvalue weighted by atomic mass is 9.91. The fourth-order valence-corrected chi connectivity index (χ4v) is 2.77. The molecular formula is C14H18N2O. The van der Waals surface area contributed by atoms with Crippen molar-refractivity contribution in [3.05, 3.63) is 29.3 Å². The molecule has 1 unspecified atom stereocenters. The van der Waals surface area contributed by atoms with Crippen LogP contribution in [-0.4, -0.2) is 11.9 Å². The van der Waals surface area contributed by atoms with Crippen molar-refractivity contribution in [2.75, 3.05) is 5.01 Å². The van der Waals surface area contributed by atoms with E-state index in [1.807, 2.05) is 6.92 Å². The van der Waals surface area contributed by atoms with Gasteiger partial charge in [-0.2, -0.15) is 0 Å². The van der Waals surface area contributed by atoms with Crippen LogP contribution in [0.3, 0.4) is 0 Å². The van der Waals surface area contributed by atoms with Crippen LogP contribution >= 0.6 is 0 Å². The molecule has 1 N–H and O–H groups in total. The number of carbonyl (C=O) groups is 1. The highest BCUT2D eigenvalue weighted by molar-refractivity contribution is 5.95. The SMILES string of the molecule is CC1CC(=O)N(c2ccc3c(c2)CCCC3)N1. The average Bonchev–Trinajstić information content (AvgIpc) is 2.68. The van der Waals surface area contributed by atoms with Crippen LogP contribution in [-0.2, 0) is 17.6 Å². The molecule has 1 aliphatic heterocycles. The number of hydrazine groups is 1. The molecule has 1 aromatic rings. The number of fused-ring (bicyclic) bond motifs is 1. The molecule has 1 amide bonds. The number of nitrogens with one attached hydrogen (secondary N) is 1. The lowest BCUT2D eigenvalue weighted by Gasteiger charge is -2.21. The number of benzene rings is 1. The zero-order chi connectivity index (χ0) is 11.8. The van der Waals surface area contributed by atoms with Gasteiger partial charge < -0.3 is 0 Å². The Kier molecular flexibility index (Phi) is 2.63. The Bertz CT molecular complexity index is 456. The van der Waals surface area contributed by atoms with Gasteiger partial charge >= 0.3 is 0 Å². The summed E-state index contributed by atoms with van der Waals surface area (Å²) < 4.78 is 0. The molecule has 0 aromatic heterocycles. The molecule has 1 fully saturated rings. The van der Waals surface area contributed by atoms with E-state index in [9.17, 15) is 4.79 Å². The second-order valence-electron chi connectivity index (χ2n) is 5.12. The molecule has 1 saturated heterocycles. The van der Waals surface area contributed by atoms with Crippen molar-refractivity contribution in [2.24, 2.45) is 0 Å². The van der Waals surface area contributed by atoms with E-state index in [0.717, 1.165) is 12.1 Å². The number of rotatable bonds is 1. The van der Waals surface area contributed by atoms with E-state index in [1.165, 1.54) is 30.4 Å². The molecule has 17 heavy (non-hydrogen) atoms. The van der Waals surface area contributed by atoms with Gasteiger partial charge in [0.1, 0.15) is 0 Å². The predicted molar refractivity (Wildman–Crippen MR) is 67.8 cm³/mol. The molecule has 3 heteroatoms. The number of anilines is 1. The van der Waals surface area contributed by atoms with Crippen molar-refractivity contribution in [2.45, 2.75) is 45.1 Å². The zero-order valence-corrected chi connectivity index (χ0v) is 10.2. The van der Waals surface area contributed by atoms with E-state index in [2.05, 4.69) is 23.6 Å². The lowest BCUT2D eigenvalue weighted by Crippen LogP contribution is -2.36. The molecule has 0 saturated carbocycles. The first kappa shape index (κ1) is 10.8. The second kappa shape index (κ2) is 4.15. The van der Waals surface area contributed by atoms with E-state index < -0.39 is 0 Å². The minimum Gasteiger partial charge on any atom is -0.273 e. The number of amides is 1. The van der Waals surface area contributed by atoms with Gasteiger partial charge in [0.2, 0.25) is 5.91 Å². The summed E-state index contributed by atoms with van der Waals surface area (Å²) in [6.07, 6.45) is 5.50. The maximum absolute atomic E-state index is 11.8. The second-order valence-corrected chi connectivity index (χ2v) is 5.12. The van der Waals surface area contributed by atoms with Crippen LogP contribution in [0.4, 0.5) is 5.69 Å². The normalized spacial score (nSPS) is 23.9. The molecule has 1 aliphatic carbocycles. The Balaban J connectivity index is 1.91. The number of hydrogen-bond donors (Lipinski definition) is 1. The van der Waals surface area contributed by atoms with E-state index >= 15 is 0 Å². The van der Waals surface area contributed by atoms with Gasteiger partial charge in [0, 0.05) is 12.5 Å². The third-order valence-corrected chi connectivity index (χ3v) is 3.67. The van der Waals surface area contributed by atoms with Crippen molar-refractivity contribution < 1.29 is 4.79 Å². The van der Waals surface area contributed by atoms with Crippen molar-refractivity contribution in [3.63, 3.8) is 0 Å². The smallest absolute Gasteiger partial charge is 0.242 e. The minimum absolute atomic E-state index is 0.174. The summed E-state index contributed by atoms with van der Waals surface area (Å²) in [4.78, 5) is 11.8. The Labute approximate surface area is 102 Å². The van der Waals surface area contributed by atoms with Crippen LogP contribution in [0.25, 0.3) is 0 Å². The van der Waals surface area contributed by atoms with Crippen LogP contribution in [0.1, 0.15) is 37.3 Å². The summed E-state index contributed by atoms with van der Waals surface area (Å²) >= 11 is 0. The Morgan fingerprint density at radius 2 is 2.00 bits per heavy atom. The van der Waals surface area contributed by atoms with Crippen molar-refractivity contribution in [3.8, 4) is 0 Å². The number of aryl methyl sites for hydroxylation is 2. The van der Waals surface area contributed by atoms with E-state index in [4.69, 9.17) is 0 Å². The monoisotopic (exact) mass is 230 g/mol. The van der Waals surface area contributed by atoms with Crippen LogP contribution in [0, 0.1) is 0 Å². The van der Waals surface area contributed by atoms with Crippen LogP contribution in [0.2, 0.25) is 0 Å². The summed E-state index contributed by atoms with van der Waals surface area (Å²) in [5, 5.41) is 1.71. The Morgan fingerprint density at radius 1 is 1.24 bits per heavy atom. The molecular weight excluding hydrogens is 212 g/mol. The van der Waals surface area contributed by atoms with Gasteiger partial charge in [0.15, 0.2) is 0 Å².